The maximum Gasteiger partial charge on any atom is 0.0807 e. The second-order valence-corrected chi connectivity index (χ2v) is 5.27. The smallest absolute Gasteiger partial charge is 0.0807 e. The molecule has 0 bridgehead atoms. The Kier molecular flexibility index (Phi) is 6.89. The first kappa shape index (κ1) is 16.0. The summed E-state index contributed by atoms with van der Waals surface area (Å²) in [6.45, 7) is 7.26. The molecule has 1 aromatic carbocycles. The summed E-state index contributed by atoms with van der Waals surface area (Å²) in [6, 6.07) is 8.23. The van der Waals surface area contributed by atoms with Crippen LogP contribution in [0.4, 0.5) is 5.69 Å². The molecule has 0 saturated carbocycles. The maximum atomic E-state index is 10.2. The van der Waals surface area contributed by atoms with Gasteiger partial charge in [-0.3, -0.25) is 0 Å². The minimum absolute atomic E-state index is 0.366. The van der Waals surface area contributed by atoms with Gasteiger partial charge in [-0.15, -0.1) is 0 Å². The average Bonchev–Trinajstić information content (AvgIpc) is 2.42. The number of hydrogen-bond donors (Lipinski definition) is 1. The Morgan fingerprint density at radius 1 is 1.05 bits per heavy atom. The van der Waals surface area contributed by atoms with Gasteiger partial charge in [0.15, 0.2) is 0 Å². The quantitative estimate of drug-likeness (QED) is 0.782. The van der Waals surface area contributed by atoms with E-state index in [1.54, 1.807) is 0 Å². The van der Waals surface area contributed by atoms with Gasteiger partial charge in [-0.2, -0.15) is 0 Å². The fourth-order valence-corrected chi connectivity index (χ4v) is 2.22. The Morgan fingerprint density at radius 2 is 1.74 bits per heavy atom. The summed E-state index contributed by atoms with van der Waals surface area (Å²) < 4.78 is 0. The highest BCUT2D eigenvalue weighted by Crippen LogP contribution is 2.28. The Morgan fingerprint density at radius 3 is 2.32 bits per heavy atom. The molecule has 0 amide bonds. The standard InChI is InChI=1S/C16H28N2O/c1-5-11-18(13-12-17(3)4)15-10-8-7-9-14(15)16(19)6-2/h7-10,16,19H,5-6,11-13H2,1-4H3/t16-/m0/s1. The van der Waals surface area contributed by atoms with Gasteiger partial charge in [0.25, 0.3) is 0 Å². The van der Waals surface area contributed by atoms with Crippen molar-refractivity contribution >= 4 is 5.69 Å². The Hall–Kier alpha value is -1.06. The molecule has 0 fully saturated rings. The monoisotopic (exact) mass is 264 g/mol. The third-order valence-corrected chi connectivity index (χ3v) is 3.33. The summed E-state index contributed by atoms with van der Waals surface area (Å²) in [7, 11) is 4.19. The van der Waals surface area contributed by atoms with E-state index in [9.17, 15) is 5.11 Å². The number of anilines is 1. The number of benzene rings is 1. The Labute approximate surface area is 117 Å². The van der Waals surface area contributed by atoms with E-state index in [1.165, 1.54) is 5.69 Å². The van der Waals surface area contributed by atoms with Crippen LogP contribution in [-0.2, 0) is 0 Å². The van der Waals surface area contributed by atoms with Crippen LogP contribution in [0.3, 0.4) is 0 Å². The summed E-state index contributed by atoms with van der Waals surface area (Å²) in [5.41, 5.74) is 2.23. The van der Waals surface area contributed by atoms with Gasteiger partial charge in [-0.1, -0.05) is 32.0 Å². The zero-order valence-corrected chi connectivity index (χ0v) is 12.8. The van der Waals surface area contributed by atoms with Gasteiger partial charge < -0.3 is 14.9 Å². The lowest BCUT2D eigenvalue weighted by Gasteiger charge is -2.29. The first-order valence-electron chi connectivity index (χ1n) is 7.26. The molecule has 0 saturated heterocycles. The normalized spacial score (nSPS) is 12.7. The maximum absolute atomic E-state index is 10.2. The molecule has 1 N–H and O–H groups in total. The van der Waals surface area contributed by atoms with Crippen LogP contribution in [0.1, 0.15) is 38.4 Å². The van der Waals surface area contributed by atoms with E-state index in [2.05, 4.69) is 43.0 Å². The highest BCUT2D eigenvalue weighted by molar-refractivity contribution is 5.54. The number of likely N-dealkylation sites (N-methyl/N-ethyl adjacent to an activating group) is 1. The van der Waals surface area contributed by atoms with Gasteiger partial charge in [-0.25, -0.2) is 0 Å². The van der Waals surface area contributed by atoms with Crippen LogP contribution in [0, 0.1) is 0 Å². The topological polar surface area (TPSA) is 26.7 Å². The predicted octanol–water partition coefficient (Wildman–Crippen LogP) is 2.91. The lowest BCUT2D eigenvalue weighted by Crippen LogP contribution is -2.33. The first-order chi connectivity index (χ1) is 9.10. The van der Waals surface area contributed by atoms with Crippen LogP contribution in [0.2, 0.25) is 0 Å². The Balaban J connectivity index is 2.94. The van der Waals surface area contributed by atoms with E-state index in [1.807, 2.05) is 19.1 Å². The molecule has 0 aliphatic heterocycles. The van der Waals surface area contributed by atoms with Crippen LogP contribution in [0.25, 0.3) is 0 Å². The largest absolute Gasteiger partial charge is 0.388 e. The van der Waals surface area contributed by atoms with Crippen LogP contribution < -0.4 is 4.90 Å². The first-order valence-corrected chi connectivity index (χ1v) is 7.26. The van der Waals surface area contributed by atoms with Crippen LogP contribution in [0.15, 0.2) is 24.3 Å². The average molecular weight is 264 g/mol. The molecule has 3 heteroatoms. The Bertz CT molecular complexity index is 366. The van der Waals surface area contributed by atoms with Gasteiger partial charge in [0.05, 0.1) is 6.10 Å². The fraction of sp³-hybridized carbons (Fsp3) is 0.625. The number of nitrogens with zero attached hydrogens (tertiary/aromatic N) is 2. The van der Waals surface area contributed by atoms with Crippen molar-refractivity contribution in [1.29, 1.82) is 0 Å². The minimum Gasteiger partial charge on any atom is -0.388 e. The molecule has 19 heavy (non-hydrogen) atoms. The van der Waals surface area contributed by atoms with Crippen molar-refractivity contribution in [3.8, 4) is 0 Å². The lowest BCUT2D eigenvalue weighted by molar-refractivity contribution is 0.174. The summed E-state index contributed by atoms with van der Waals surface area (Å²) in [5, 5.41) is 10.2. The predicted molar refractivity (Wildman–Crippen MR) is 82.8 cm³/mol. The summed E-state index contributed by atoms with van der Waals surface area (Å²) in [5.74, 6) is 0. The van der Waals surface area contributed by atoms with Crippen molar-refractivity contribution < 1.29 is 5.11 Å². The molecule has 1 rings (SSSR count). The van der Waals surface area contributed by atoms with Crippen molar-refractivity contribution in [2.24, 2.45) is 0 Å². The van der Waals surface area contributed by atoms with Crippen molar-refractivity contribution in [3.05, 3.63) is 29.8 Å². The van der Waals surface area contributed by atoms with Crippen molar-refractivity contribution in [2.45, 2.75) is 32.8 Å². The third kappa shape index (κ3) is 4.84. The van der Waals surface area contributed by atoms with E-state index in [-0.39, 0.29) is 6.10 Å². The highest BCUT2D eigenvalue weighted by atomic mass is 16.3. The van der Waals surface area contributed by atoms with E-state index >= 15 is 0 Å². The molecule has 3 nitrogen and oxygen atoms in total. The van der Waals surface area contributed by atoms with Gasteiger partial charge in [-0.05, 0) is 33.0 Å². The minimum atomic E-state index is -0.366. The van der Waals surface area contributed by atoms with Crippen LogP contribution in [-0.4, -0.2) is 43.7 Å². The molecule has 0 spiro atoms. The fourth-order valence-electron chi connectivity index (χ4n) is 2.22. The SMILES string of the molecule is CCCN(CCN(C)C)c1ccccc1[C@@H](O)CC. The summed E-state index contributed by atoms with van der Waals surface area (Å²) in [4.78, 5) is 4.58. The van der Waals surface area contributed by atoms with Crippen molar-refractivity contribution in [2.75, 3.05) is 38.6 Å². The van der Waals surface area contributed by atoms with Gasteiger partial charge in [0.2, 0.25) is 0 Å². The van der Waals surface area contributed by atoms with Gasteiger partial charge >= 0.3 is 0 Å². The molecule has 0 heterocycles. The number of rotatable bonds is 8. The molecular formula is C16H28N2O. The van der Waals surface area contributed by atoms with E-state index in [0.717, 1.165) is 38.0 Å². The third-order valence-electron chi connectivity index (χ3n) is 3.33. The second kappa shape index (κ2) is 8.18. The zero-order chi connectivity index (χ0) is 14.3. The zero-order valence-electron chi connectivity index (χ0n) is 12.8. The molecule has 0 aliphatic rings. The highest BCUT2D eigenvalue weighted by Gasteiger charge is 2.15. The molecule has 108 valence electrons. The summed E-state index contributed by atoms with van der Waals surface area (Å²) >= 11 is 0. The van der Waals surface area contributed by atoms with E-state index < -0.39 is 0 Å². The van der Waals surface area contributed by atoms with Gasteiger partial charge in [0, 0.05) is 30.9 Å². The van der Waals surface area contributed by atoms with Crippen LogP contribution >= 0.6 is 0 Å². The summed E-state index contributed by atoms with van der Waals surface area (Å²) in [6.07, 6.45) is 1.50. The lowest BCUT2D eigenvalue weighted by atomic mass is 10.0. The molecule has 0 aliphatic carbocycles. The molecular weight excluding hydrogens is 236 g/mol. The number of para-hydroxylation sites is 1. The number of hydrogen-bond acceptors (Lipinski definition) is 3. The van der Waals surface area contributed by atoms with Crippen molar-refractivity contribution in [1.82, 2.24) is 4.90 Å². The molecule has 1 aromatic rings. The van der Waals surface area contributed by atoms with Crippen LogP contribution in [0.5, 0.6) is 0 Å². The molecule has 0 radical (unpaired) electrons. The van der Waals surface area contributed by atoms with Crippen molar-refractivity contribution in [3.63, 3.8) is 0 Å². The van der Waals surface area contributed by atoms with Gasteiger partial charge in [0.1, 0.15) is 0 Å². The van der Waals surface area contributed by atoms with E-state index in [0.29, 0.717) is 0 Å². The molecule has 0 aromatic heterocycles. The van der Waals surface area contributed by atoms with E-state index in [4.69, 9.17) is 0 Å². The second-order valence-electron chi connectivity index (χ2n) is 5.27. The molecule has 1 atom stereocenters. The molecule has 0 unspecified atom stereocenters. The number of aliphatic hydroxyl groups is 1. The number of aliphatic hydroxyl groups excluding tert-OH is 1.